The number of halogens is 1. The molecule has 33 heavy (non-hydrogen) atoms. The molecule has 0 unspecified atom stereocenters. The highest BCUT2D eigenvalue weighted by molar-refractivity contribution is 9.10. The van der Waals surface area contributed by atoms with Crippen molar-refractivity contribution in [2.24, 2.45) is 13.0 Å². The molecule has 2 aliphatic rings. The Morgan fingerprint density at radius 2 is 2.03 bits per heavy atom. The molecule has 0 amide bonds. The van der Waals surface area contributed by atoms with Gasteiger partial charge in [-0.1, -0.05) is 39.8 Å². The minimum atomic E-state index is -0.250. The fourth-order valence-corrected chi connectivity index (χ4v) is 5.93. The maximum atomic E-state index is 8.36. The van der Waals surface area contributed by atoms with Gasteiger partial charge in [-0.05, 0) is 62.1 Å². The van der Waals surface area contributed by atoms with E-state index in [4.69, 9.17) is 9.90 Å². The van der Waals surface area contributed by atoms with Crippen LogP contribution in [-0.2, 0) is 17.3 Å². The maximum absolute atomic E-state index is 8.36. The van der Waals surface area contributed by atoms with E-state index in [2.05, 4.69) is 70.9 Å². The van der Waals surface area contributed by atoms with Gasteiger partial charge in [-0.25, -0.2) is 0 Å². The zero-order valence-electron chi connectivity index (χ0n) is 18.8. The van der Waals surface area contributed by atoms with E-state index in [1.165, 1.54) is 31.5 Å². The van der Waals surface area contributed by atoms with Crippen LogP contribution >= 0.6 is 27.7 Å². The summed E-state index contributed by atoms with van der Waals surface area (Å²) < 4.78 is 3.25. The van der Waals surface area contributed by atoms with Crippen molar-refractivity contribution in [3.8, 4) is 11.4 Å². The highest BCUT2D eigenvalue weighted by atomic mass is 79.9. The van der Waals surface area contributed by atoms with E-state index in [9.17, 15) is 0 Å². The molecule has 0 radical (unpaired) electrons. The third-order valence-electron chi connectivity index (χ3n) is 6.57. The monoisotopic (exact) mass is 529 g/mol. The molecule has 174 valence electrons. The summed E-state index contributed by atoms with van der Waals surface area (Å²) in [5.74, 6) is 2.79. The maximum Gasteiger partial charge on any atom is 0.290 e. The minimum absolute atomic E-state index is 0.250. The zero-order valence-corrected chi connectivity index (χ0v) is 21.2. The van der Waals surface area contributed by atoms with Gasteiger partial charge in [0.2, 0.25) is 0 Å². The van der Waals surface area contributed by atoms with Gasteiger partial charge in [0.05, 0.1) is 0 Å². The van der Waals surface area contributed by atoms with Gasteiger partial charge < -0.3 is 14.6 Å². The van der Waals surface area contributed by atoms with E-state index in [1.54, 1.807) is 11.8 Å². The molecule has 2 fully saturated rings. The van der Waals surface area contributed by atoms with Gasteiger partial charge in [-0.3, -0.25) is 9.78 Å². The first-order chi connectivity index (χ1) is 16.0. The minimum Gasteiger partial charge on any atom is -0.483 e. The summed E-state index contributed by atoms with van der Waals surface area (Å²) >= 11 is 5.35. The molecule has 1 aliphatic carbocycles. The first-order valence-electron chi connectivity index (χ1n) is 11.0. The molecule has 0 bridgehead atoms. The van der Waals surface area contributed by atoms with E-state index in [1.807, 2.05) is 26.2 Å². The second-order valence-electron chi connectivity index (χ2n) is 8.61. The molecular weight excluding hydrogens is 502 g/mol. The fraction of sp³-hybridized carbons (Fsp3) is 0.417. The average Bonchev–Trinajstić information content (AvgIpc) is 3.18. The molecule has 2 atom stereocenters. The molecular formula is C24H28BrN5O2S. The molecule has 5 rings (SSSR count). The van der Waals surface area contributed by atoms with Crippen LogP contribution in [0.4, 0.5) is 0 Å². The fourth-order valence-electron chi connectivity index (χ4n) is 4.83. The van der Waals surface area contributed by atoms with Crippen LogP contribution in [0.15, 0.2) is 52.2 Å². The van der Waals surface area contributed by atoms with Crippen molar-refractivity contribution < 1.29 is 9.90 Å². The topological polar surface area (TPSA) is 84.1 Å². The summed E-state index contributed by atoms with van der Waals surface area (Å²) in [5.41, 5.74) is 3.98. The molecule has 1 N–H and O–H groups in total. The molecule has 9 heteroatoms. The van der Waals surface area contributed by atoms with Crippen molar-refractivity contribution in [3.05, 3.63) is 58.3 Å². The van der Waals surface area contributed by atoms with E-state index in [0.717, 1.165) is 44.9 Å². The van der Waals surface area contributed by atoms with Gasteiger partial charge in [0.25, 0.3) is 6.47 Å². The molecule has 1 saturated heterocycles. The third kappa shape index (κ3) is 5.15. The molecule has 3 aromatic rings. The van der Waals surface area contributed by atoms with E-state index in [0.29, 0.717) is 5.41 Å². The summed E-state index contributed by atoms with van der Waals surface area (Å²) in [6.45, 7) is 5.38. The smallest absolute Gasteiger partial charge is 0.290 e. The Kier molecular flexibility index (Phi) is 7.51. The number of piperidine rings is 1. The van der Waals surface area contributed by atoms with Gasteiger partial charge in [0, 0.05) is 53.2 Å². The number of hydrogen-bond donors (Lipinski definition) is 1. The standard InChI is InChI=1S/C23H26BrN5S.CH2O2/c1-16-20(5-3-10-25-16)21-26-27-22(28(21)2)30-12-4-11-29-14-18-13-23(18,15-29)17-6-8-19(24)9-7-17;2-1-3/h3,5-10,18H,4,11-15H2,1-2H3;1H,(H,2,3)/t18-,23+;/m0./s1. The predicted octanol–water partition coefficient (Wildman–Crippen LogP) is 4.40. The molecule has 1 saturated carbocycles. The quantitative estimate of drug-likeness (QED) is 0.275. The van der Waals surface area contributed by atoms with Crippen LogP contribution in [0.2, 0.25) is 0 Å². The molecule has 0 spiro atoms. The lowest BCUT2D eigenvalue weighted by Gasteiger charge is -2.21. The van der Waals surface area contributed by atoms with Crippen molar-refractivity contribution in [2.75, 3.05) is 25.4 Å². The van der Waals surface area contributed by atoms with Crippen LogP contribution in [0.3, 0.4) is 0 Å². The number of rotatable bonds is 7. The van der Waals surface area contributed by atoms with Crippen molar-refractivity contribution in [2.45, 2.75) is 30.3 Å². The SMILES string of the molecule is Cc1ncccc1-c1nnc(SCCCN2C[C@@H]3C[C@]3(c3ccc(Br)cc3)C2)n1C.O=CO. The Morgan fingerprint density at radius 1 is 1.27 bits per heavy atom. The van der Waals surface area contributed by atoms with Crippen LogP contribution in [0.1, 0.15) is 24.1 Å². The predicted molar refractivity (Wildman–Crippen MR) is 133 cm³/mol. The lowest BCUT2D eigenvalue weighted by atomic mass is 9.95. The van der Waals surface area contributed by atoms with E-state index >= 15 is 0 Å². The number of thioether (sulfide) groups is 1. The van der Waals surface area contributed by atoms with Gasteiger partial charge in [-0.15, -0.1) is 10.2 Å². The van der Waals surface area contributed by atoms with Crippen molar-refractivity contribution >= 4 is 34.2 Å². The second kappa shape index (κ2) is 10.4. The zero-order chi connectivity index (χ0) is 23.4. The van der Waals surface area contributed by atoms with E-state index < -0.39 is 0 Å². The Hall–Kier alpha value is -2.23. The number of carboxylic acid groups (broad SMARTS) is 1. The molecule has 3 heterocycles. The normalized spacial score (nSPS) is 21.2. The number of carbonyl (C=O) groups is 1. The lowest BCUT2D eigenvalue weighted by molar-refractivity contribution is -0.122. The van der Waals surface area contributed by atoms with Crippen molar-refractivity contribution in [3.63, 3.8) is 0 Å². The summed E-state index contributed by atoms with van der Waals surface area (Å²) in [7, 11) is 2.04. The molecule has 1 aliphatic heterocycles. The number of nitrogens with zero attached hydrogens (tertiary/aromatic N) is 5. The Balaban J connectivity index is 0.000000821. The first-order valence-corrected chi connectivity index (χ1v) is 12.8. The highest BCUT2D eigenvalue weighted by Gasteiger charge is 2.60. The molecule has 1 aromatic carbocycles. The Labute approximate surface area is 206 Å². The number of aryl methyl sites for hydroxylation is 1. The van der Waals surface area contributed by atoms with Crippen LogP contribution in [0.25, 0.3) is 11.4 Å². The van der Waals surface area contributed by atoms with Crippen LogP contribution in [0, 0.1) is 12.8 Å². The summed E-state index contributed by atoms with van der Waals surface area (Å²) in [4.78, 5) is 15.4. The number of fused-ring (bicyclic) bond motifs is 1. The molecule has 7 nitrogen and oxygen atoms in total. The Bertz CT molecular complexity index is 1110. The average molecular weight is 530 g/mol. The van der Waals surface area contributed by atoms with Gasteiger partial charge in [0.15, 0.2) is 11.0 Å². The number of benzene rings is 1. The summed E-state index contributed by atoms with van der Waals surface area (Å²) in [6, 6.07) is 13.0. The number of aromatic nitrogens is 4. The van der Waals surface area contributed by atoms with Crippen LogP contribution in [-0.4, -0.2) is 61.6 Å². The van der Waals surface area contributed by atoms with Gasteiger partial charge >= 0.3 is 0 Å². The number of pyridine rings is 1. The molecule has 2 aromatic heterocycles. The third-order valence-corrected chi connectivity index (χ3v) is 8.20. The summed E-state index contributed by atoms with van der Waals surface area (Å²) in [6.07, 6.45) is 4.34. The highest BCUT2D eigenvalue weighted by Crippen LogP contribution is 2.59. The van der Waals surface area contributed by atoms with Crippen LogP contribution < -0.4 is 0 Å². The summed E-state index contributed by atoms with van der Waals surface area (Å²) in [5, 5.41) is 16.7. The van der Waals surface area contributed by atoms with Gasteiger partial charge in [-0.2, -0.15) is 0 Å². The van der Waals surface area contributed by atoms with Crippen molar-refractivity contribution in [1.29, 1.82) is 0 Å². The van der Waals surface area contributed by atoms with E-state index in [-0.39, 0.29) is 6.47 Å². The van der Waals surface area contributed by atoms with Gasteiger partial charge in [0.1, 0.15) is 0 Å². The first kappa shape index (κ1) is 23.9. The largest absolute Gasteiger partial charge is 0.483 e. The number of hydrogen-bond acceptors (Lipinski definition) is 6. The van der Waals surface area contributed by atoms with Crippen molar-refractivity contribution in [1.82, 2.24) is 24.6 Å². The van der Waals surface area contributed by atoms with Crippen LogP contribution in [0.5, 0.6) is 0 Å². The number of likely N-dealkylation sites (tertiary alicyclic amines) is 1. The Morgan fingerprint density at radius 3 is 2.76 bits per heavy atom. The second-order valence-corrected chi connectivity index (χ2v) is 10.6. The lowest BCUT2D eigenvalue weighted by Crippen LogP contribution is -2.27.